The van der Waals surface area contributed by atoms with E-state index in [0.717, 1.165) is 51.3 Å². The Morgan fingerprint density at radius 1 is 1.35 bits per heavy atom. The number of nitrogens with zero attached hydrogens (tertiary/aromatic N) is 3. The van der Waals surface area contributed by atoms with Gasteiger partial charge in [-0.15, -0.1) is 0 Å². The molecule has 1 heterocycles. The van der Waals surface area contributed by atoms with Crippen LogP contribution in [-0.2, 0) is 12.8 Å². The van der Waals surface area contributed by atoms with E-state index >= 15 is 0 Å². The highest BCUT2D eigenvalue weighted by atomic mass is 15.1. The molecule has 2 rings (SSSR count). The van der Waals surface area contributed by atoms with Gasteiger partial charge in [-0.2, -0.15) is 5.26 Å². The van der Waals surface area contributed by atoms with Crippen LogP contribution in [0.1, 0.15) is 43.5 Å². The maximum atomic E-state index is 9.23. The highest BCUT2D eigenvalue weighted by Crippen LogP contribution is 2.24. The summed E-state index contributed by atoms with van der Waals surface area (Å²) >= 11 is 0. The van der Waals surface area contributed by atoms with Gasteiger partial charge in [0.25, 0.3) is 0 Å². The molecule has 1 aromatic rings. The number of nitriles is 1. The fourth-order valence-corrected chi connectivity index (χ4v) is 2.74. The molecule has 0 aliphatic heterocycles. The van der Waals surface area contributed by atoms with E-state index in [0.29, 0.717) is 5.56 Å². The highest BCUT2D eigenvalue weighted by Gasteiger charge is 2.16. The van der Waals surface area contributed by atoms with Gasteiger partial charge in [0.05, 0.1) is 5.56 Å². The summed E-state index contributed by atoms with van der Waals surface area (Å²) in [5, 5.41) is 12.6. The Labute approximate surface area is 121 Å². The monoisotopic (exact) mass is 272 g/mol. The molecule has 1 N–H and O–H groups in total. The molecule has 0 saturated carbocycles. The maximum Gasteiger partial charge on any atom is 0.144 e. The van der Waals surface area contributed by atoms with E-state index in [-0.39, 0.29) is 0 Å². The van der Waals surface area contributed by atoms with Crippen LogP contribution in [0.15, 0.2) is 6.07 Å². The number of aryl methyl sites for hydroxylation is 2. The minimum atomic E-state index is 0.688. The Balaban J connectivity index is 1.91. The quantitative estimate of drug-likeness (QED) is 0.775. The summed E-state index contributed by atoms with van der Waals surface area (Å²) in [7, 11) is 0. The van der Waals surface area contributed by atoms with Crippen molar-refractivity contribution in [3.63, 3.8) is 0 Å². The standard InChI is InChI=1S/C16H24N4/c1-3-20(4-2)10-6-9-18-16-14(12-17)11-13-7-5-8-15(13)19-16/h11H,3-10H2,1-2H3,(H,18,19). The summed E-state index contributed by atoms with van der Waals surface area (Å²) < 4.78 is 0. The third-order valence-electron chi connectivity index (χ3n) is 4.01. The molecule has 1 aliphatic carbocycles. The lowest BCUT2D eigenvalue weighted by atomic mass is 10.1. The minimum absolute atomic E-state index is 0.688. The third-order valence-corrected chi connectivity index (χ3v) is 4.01. The topological polar surface area (TPSA) is 52.0 Å². The van der Waals surface area contributed by atoms with Crippen molar-refractivity contribution in [3.8, 4) is 6.07 Å². The van der Waals surface area contributed by atoms with Crippen molar-refractivity contribution in [2.24, 2.45) is 0 Å². The molecule has 0 radical (unpaired) electrons. The van der Waals surface area contributed by atoms with Crippen LogP contribution in [0.4, 0.5) is 5.82 Å². The van der Waals surface area contributed by atoms with Crippen LogP contribution in [-0.4, -0.2) is 36.1 Å². The molecule has 0 amide bonds. The van der Waals surface area contributed by atoms with Crippen LogP contribution in [0.25, 0.3) is 0 Å². The van der Waals surface area contributed by atoms with E-state index in [1.165, 1.54) is 17.7 Å². The van der Waals surface area contributed by atoms with Gasteiger partial charge in [0.15, 0.2) is 0 Å². The molecular weight excluding hydrogens is 248 g/mol. The van der Waals surface area contributed by atoms with Crippen molar-refractivity contribution in [1.29, 1.82) is 5.26 Å². The zero-order chi connectivity index (χ0) is 14.4. The van der Waals surface area contributed by atoms with Crippen LogP contribution in [0.5, 0.6) is 0 Å². The highest BCUT2D eigenvalue weighted by molar-refractivity contribution is 5.55. The summed E-state index contributed by atoms with van der Waals surface area (Å²) in [6, 6.07) is 4.28. The Morgan fingerprint density at radius 2 is 2.15 bits per heavy atom. The number of fused-ring (bicyclic) bond motifs is 1. The molecule has 0 bridgehead atoms. The first-order valence-electron chi connectivity index (χ1n) is 7.67. The van der Waals surface area contributed by atoms with Crippen molar-refractivity contribution >= 4 is 5.82 Å². The van der Waals surface area contributed by atoms with Crippen molar-refractivity contribution in [1.82, 2.24) is 9.88 Å². The van der Waals surface area contributed by atoms with E-state index in [2.05, 4.69) is 35.1 Å². The molecule has 0 aromatic carbocycles. The first kappa shape index (κ1) is 14.8. The number of pyridine rings is 1. The molecule has 1 aromatic heterocycles. The molecule has 1 aliphatic rings. The van der Waals surface area contributed by atoms with Gasteiger partial charge >= 0.3 is 0 Å². The van der Waals surface area contributed by atoms with E-state index in [4.69, 9.17) is 0 Å². The molecule has 0 spiro atoms. The number of nitrogens with one attached hydrogen (secondary N) is 1. The number of hydrogen-bond acceptors (Lipinski definition) is 4. The fourth-order valence-electron chi connectivity index (χ4n) is 2.74. The van der Waals surface area contributed by atoms with E-state index in [9.17, 15) is 5.26 Å². The van der Waals surface area contributed by atoms with Crippen molar-refractivity contribution in [2.75, 3.05) is 31.5 Å². The number of rotatable bonds is 7. The summed E-state index contributed by atoms with van der Waals surface area (Å²) in [5.41, 5.74) is 3.12. The number of anilines is 1. The summed E-state index contributed by atoms with van der Waals surface area (Å²) in [6.07, 6.45) is 4.36. The van der Waals surface area contributed by atoms with Crippen molar-refractivity contribution in [2.45, 2.75) is 39.5 Å². The van der Waals surface area contributed by atoms with Gasteiger partial charge in [-0.05, 0) is 56.9 Å². The average Bonchev–Trinajstić information content (AvgIpc) is 2.93. The van der Waals surface area contributed by atoms with Gasteiger partial charge in [0.2, 0.25) is 0 Å². The summed E-state index contributed by atoms with van der Waals surface area (Å²) in [6.45, 7) is 8.53. The van der Waals surface area contributed by atoms with Gasteiger partial charge in [0.1, 0.15) is 11.9 Å². The zero-order valence-corrected chi connectivity index (χ0v) is 12.6. The first-order chi connectivity index (χ1) is 9.78. The molecular formula is C16H24N4. The van der Waals surface area contributed by atoms with E-state index in [1.807, 2.05) is 6.07 Å². The molecule has 108 valence electrons. The van der Waals surface area contributed by atoms with Crippen LogP contribution < -0.4 is 5.32 Å². The Morgan fingerprint density at radius 3 is 2.85 bits per heavy atom. The number of hydrogen-bond donors (Lipinski definition) is 1. The molecule has 0 atom stereocenters. The van der Waals surface area contributed by atoms with Gasteiger partial charge < -0.3 is 10.2 Å². The van der Waals surface area contributed by atoms with Gasteiger partial charge in [-0.3, -0.25) is 0 Å². The largest absolute Gasteiger partial charge is 0.369 e. The number of aromatic nitrogens is 1. The second-order valence-corrected chi connectivity index (χ2v) is 5.26. The second-order valence-electron chi connectivity index (χ2n) is 5.26. The van der Waals surface area contributed by atoms with Gasteiger partial charge in [-0.1, -0.05) is 13.8 Å². The Kier molecular flexibility index (Phi) is 5.37. The second kappa shape index (κ2) is 7.25. The summed E-state index contributed by atoms with van der Waals surface area (Å²) in [5.74, 6) is 0.771. The average molecular weight is 272 g/mol. The normalized spacial score (nSPS) is 13.3. The van der Waals surface area contributed by atoms with Crippen LogP contribution in [0.3, 0.4) is 0 Å². The molecule has 4 nitrogen and oxygen atoms in total. The van der Waals surface area contributed by atoms with Gasteiger partial charge in [0, 0.05) is 12.2 Å². The summed E-state index contributed by atoms with van der Waals surface area (Å²) in [4.78, 5) is 7.04. The molecule has 0 unspecified atom stereocenters. The van der Waals surface area contributed by atoms with Gasteiger partial charge in [-0.25, -0.2) is 4.98 Å². The molecule has 0 saturated heterocycles. The van der Waals surface area contributed by atoms with Crippen LogP contribution >= 0.6 is 0 Å². The first-order valence-corrected chi connectivity index (χ1v) is 7.67. The van der Waals surface area contributed by atoms with Crippen LogP contribution in [0.2, 0.25) is 0 Å². The van der Waals surface area contributed by atoms with Crippen molar-refractivity contribution < 1.29 is 0 Å². The predicted octanol–water partition coefficient (Wildman–Crippen LogP) is 2.59. The fraction of sp³-hybridized carbons (Fsp3) is 0.625. The van der Waals surface area contributed by atoms with E-state index in [1.54, 1.807) is 0 Å². The van der Waals surface area contributed by atoms with Crippen LogP contribution in [0, 0.1) is 11.3 Å². The maximum absolute atomic E-state index is 9.23. The Bertz CT molecular complexity index is 486. The predicted molar refractivity (Wildman–Crippen MR) is 81.9 cm³/mol. The minimum Gasteiger partial charge on any atom is -0.369 e. The third kappa shape index (κ3) is 3.49. The van der Waals surface area contributed by atoms with E-state index < -0.39 is 0 Å². The van der Waals surface area contributed by atoms with Crippen molar-refractivity contribution in [3.05, 3.63) is 22.9 Å². The lowest BCUT2D eigenvalue weighted by molar-refractivity contribution is 0.303. The smallest absolute Gasteiger partial charge is 0.144 e. The molecule has 4 heteroatoms. The lowest BCUT2D eigenvalue weighted by Gasteiger charge is -2.18. The SMILES string of the molecule is CCN(CC)CCCNc1nc2c(cc1C#N)CCC2. The zero-order valence-electron chi connectivity index (χ0n) is 12.6. The molecule has 20 heavy (non-hydrogen) atoms. The molecule has 0 fully saturated rings. The Hall–Kier alpha value is -1.60. The lowest BCUT2D eigenvalue weighted by Crippen LogP contribution is -2.25.